The van der Waals surface area contributed by atoms with E-state index in [4.69, 9.17) is 4.74 Å². The normalized spacial score (nSPS) is 10.5. The highest BCUT2D eigenvalue weighted by Gasteiger charge is 2.14. The number of phenols is 1. The molecule has 24 heavy (non-hydrogen) atoms. The summed E-state index contributed by atoms with van der Waals surface area (Å²) in [5.41, 5.74) is 1.61. The second-order valence-corrected chi connectivity index (χ2v) is 5.37. The molecule has 0 bridgehead atoms. The second kappa shape index (κ2) is 6.50. The van der Waals surface area contributed by atoms with Crippen molar-refractivity contribution in [3.63, 3.8) is 0 Å². The van der Waals surface area contributed by atoms with Crippen molar-refractivity contribution in [3.8, 4) is 11.5 Å². The van der Waals surface area contributed by atoms with Crippen LogP contribution >= 0.6 is 0 Å². The summed E-state index contributed by atoms with van der Waals surface area (Å²) < 4.78 is 4.87. The Hall–Kier alpha value is -3.21. The Labute approximate surface area is 138 Å². The first-order valence-corrected chi connectivity index (χ1v) is 7.42. The van der Waals surface area contributed by atoms with Crippen LogP contribution < -0.4 is 4.74 Å². The number of hydrogen-bond acceptors (Lipinski definition) is 5. The first-order chi connectivity index (χ1) is 11.5. The molecule has 0 fully saturated rings. The zero-order valence-electron chi connectivity index (χ0n) is 13.0. The van der Waals surface area contributed by atoms with E-state index in [1.165, 1.54) is 25.1 Å². The Bertz CT molecular complexity index is 934. The van der Waals surface area contributed by atoms with E-state index in [0.29, 0.717) is 5.69 Å². The maximum Gasteiger partial charge on any atom is 0.308 e. The molecule has 5 heteroatoms. The molecule has 0 aliphatic carbocycles. The molecule has 3 rings (SSSR count). The van der Waals surface area contributed by atoms with Crippen molar-refractivity contribution in [2.24, 2.45) is 0 Å². The molecule has 1 N–H and O–H groups in total. The van der Waals surface area contributed by atoms with Crippen LogP contribution in [0.2, 0.25) is 0 Å². The first kappa shape index (κ1) is 15.7. The lowest BCUT2D eigenvalue weighted by atomic mass is 10.0. The van der Waals surface area contributed by atoms with Gasteiger partial charge in [0, 0.05) is 24.1 Å². The number of nitrogens with zero attached hydrogens (tertiary/aromatic N) is 1. The number of carbonyl (C=O) groups excluding carboxylic acids is 2. The van der Waals surface area contributed by atoms with Gasteiger partial charge in [0.15, 0.2) is 5.78 Å². The monoisotopic (exact) mass is 321 g/mol. The lowest BCUT2D eigenvalue weighted by Gasteiger charge is -2.07. The molecule has 0 radical (unpaired) electrons. The number of para-hydroxylation sites is 1. The molecule has 0 spiro atoms. The van der Waals surface area contributed by atoms with Crippen molar-refractivity contribution >= 4 is 22.7 Å². The van der Waals surface area contributed by atoms with Gasteiger partial charge >= 0.3 is 5.97 Å². The van der Waals surface area contributed by atoms with E-state index in [1.54, 1.807) is 6.07 Å². The van der Waals surface area contributed by atoms with Crippen LogP contribution in [0.3, 0.4) is 0 Å². The predicted molar refractivity (Wildman–Crippen MR) is 89.2 cm³/mol. The summed E-state index contributed by atoms with van der Waals surface area (Å²) in [6.45, 7) is 1.27. The molecule has 1 aromatic heterocycles. The number of esters is 1. The largest absolute Gasteiger partial charge is 0.507 e. The highest BCUT2D eigenvalue weighted by molar-refractivity contribution is 6.00. The summed E-state index contributed by atoms with van der Waals surface area (Å²) >= 11 is 0. The van der Waals surface area contributed by atoms with Gasteiger partial charge in [-0.25, -0.2) is 0 Å². The van der Waals surface area contributed by atoms with E-state index < -0.39 is 5.97 Å². The van der Waals surface area contributed by atoms with Gasteiger partial charge < -0.3 is 9.84 Å². The lowest BCUT2D eigenvalue weighted by Crippen LogP contribution is -2.06. The van der Waals surface area contributed by atoms with Crippen LogP contribution in [0.1, 0.15) is 23.0 Å². The number of ether oxygens (including phenoxy) is 1. The summed E-state index contributed by atoms with van der Waals surface area (Å²) in [6.07, 6.45) is 0.0747. The van der Waals surface area contributed by atoms with Gasteiger partial charge in [-0.15, -0.1) is 0 Å². The first-order valence-electron chi connectivity index (χ1n) is 7.42. The molecule has 120 valence electrons. The minimum Gasteiger partial charge on any atom is -0.507 e. The van der Waals surface area contributed by atoms with Crippen LogP contribution in [0.5, 0.6) is 11.5 Å². The summed E-state index contributed by atoms with van der Waals surface area (Å²) in [6, 6.07) is 15.5. The summed E-state index contributed by atoms with van der Waals surface area (Å²) in [5, 5.41) is 11.0. The van der Waals surface area contributed by atoms with Gasteiger partial charge in [0.25, 0.3) is 0 Å². The van der Waals surface area contributed by atoms with Crippen LogP contribution in [0.15, 0.2) is 54.6 Å². The second-order valence-electron chi connectivity index (χ2n) is 5.37. The molecular weight excluding hydrogens is 306 g/mol. The third-order valence-electron chi connectivity index (χ3n) is 3.53. The molecule has 0 unspecified atom stereocenters. The molecule has 0 saturated heterocycles. The van der Waals surface area contributed by atoms with Gasteiger partial charge in [0.2, 0.25) is 0 Å². The van der Waals surface area contributed by atoms with Crippen molar-refractivity contribution in [2.75, 3.05) is 0 Å². The number of rotatable bonds is 4. The molecular formula is C19H15NO4. The average molecular weight is 321 g/mol. The van der Waals surface area contributed by atoms with Crippen LogP contribution in [0, 0.1) is 0 Å². The average Bonchev–Trinajstić information content (AvgIpc) is 2.54. The number of phenolic OH excluding ortho intramolecular Hbond substituents is 1. The Morgan fingerprint density at radius 2 is 1.88 bits per heavy atom. The lowest BCUT2D eigenvalue weighted by molar-refractivity contribution is -0.131. The number of Topliss-reactive ketones (excluding diaryl/α,β-unsaturated/α-hetero) is 1. The highest BCUT2D eigenvalue weighted by Crippen LogP contribution is 2.25. The standard InChI is InChI=1S/C19H15NO4/c1-12(21)24-15-8-9-16(19(23)11-15)18(22)10-14-7-6-13-4-2-3-5-17(13)20-14/h2-9,11,23H,10H2,1H3. The van der Waals surface area contributed by atoms with E-state index >= 15 is 0 Å². The van der Waals surface area contributed by atoms with Crippen LogP contribution in [0.4, 0.5) is 0 Å². The Morgan fingerprint density at radius 1 is 1.08 bits per heavy atom. The third-order valence-corrected chi connectivity index (χ3v) is 3.53. The number of aromatic hydroxyl groups is 1. The molecule has 2 aromatic carbocycles. The van der Waals surface area contributed by atoms with Gasteiger partial charge in [0.05, 0.1) is 17.5 Å². The number of hydrogen-bond donors (Lipinski definition) is 1. The number of ketones is 1. The summed E-state index contributed by atoms with van der Waals surface area (Å²) in [4.78, 5) is 27.8. The maximum absolute atomic E-state index is 12.4. The summed E-state index contributed by atoms with van der Waals surface area (Å²) in [7, 11) is 0. The minimum absolute atomic E-state index is 0.0747. The fraction of sp³-hybridized carbons (Fsp3) is 0.105. The molecule has 3 aromatic rings. The van der Waals surface area contributed by atoms with E-state index in [2.05, 4.69) is 4.98 Å². The van der Waals surface area contributed by atoms with E-state index in [9.17, 15) is 14.7 Å². The highest BCUT2D eigenvalue weighted by atomic mass is 16.5. The fourth-order valence-electron chi connectivity index (χ4n) is 2.44. The SMILES string of the molecule is CC(=O)Oc1ccc(C(=O)Cc2ccc3ccccc3n2)c(O)c1. The molecule has 0 aliphatic rings. The van der Waals surface area contributed by atoms with E-state index in [-0.39, 0.29) is 29.3 Å². The Balaban J connectivity index is 1.82. The molecule has 0 amide bonds. The van der Waals surface area contributed by atoms with Crippen LogP contribution in [0.25, 0.3) is 10.9 Å². The third kappa shape index (κ3) is 3.41. The maximum atomic E-state index is 12.4. The van der Waals surface area contributed by atoms with Gasteiger partial charge in [-0.2, -0.15) is 0 Å². The molecule has 5 nitrogen and oxygen atoms in total. The smallest absolute Gasteiger partial charge is 0.308 e. The fourth-order valence-corrected chi connectivity index (χ4v) is 2.44. The van der Waals surface area contributed by atoms with Crippen molar-refractivity contribution in [1.82, 2.24) is 4.98 Å². The zero-order valence-corrected chi connectivity index (χ0v) is 13.0. The quantitative estimate of drug-likeness (QED) is 0.453. The Morgan fingerprint density at radius 3 is 2.62 bits per heavy atom. The van der Waals surface area contributed by atoms with Crippen LogP contribution in [-0.4, -0.2) is 21.8 Å². The number of benzene rings is 2. The van der Waals surface area contributed by atoms with Crippen molar-refractivity contribution in [2.45, 2.75) is 13.3 Å². The molecule has 1 heterocycles. The van der Waals surface area contributed by atoms with Gasteiger partial charge in [-0.1, -0.05) is 24.3 Å². The minimum atomic E-state index is -0.492. The van der Waals surface area contributed by atoms with Gasteiger partial charge in [-0.3, -0.25) is 14.6 Å². The number of pyridine rings is 1. The number of aromatic nitrogens is 1. The van der Waals surface area contributed by atoms with Crippen LogP contribution in [-0.2, 0) is 11.2 Å². The predicted octanol–water partition coefficient (Wildman–Crippen LogP) is 3.29. The topological polar surface area (TPSA) is 76.5 Å². The van der Waals surface area contributed by atoms with Crippen molar-refractivity contribution in [1.29, 1.82) is 0 Å². The van der Waals surface area contributed by atoms with Gasteiger partial charge in [0.1, 0.15) is 11.5 Å². The van der Waals surface area contributed by atoms with Crippen molar-refractivity contribution in [3.05, 3.63) is 65.9 Å². The van der Waals surface area contributed by atoms with E-state index in [1.807, 2.05) is 30.3 Å². The zero-order chi connectivity index (χ0) is 17.1. The molecule has 0 aliphatic heterocycles. The molecule has 0 saturated carbocycles. The van der Waals surface area contributed by atoms with E-state index in [0.717, 1.165) is 10.9 Å². The van der Waals surface area contributed by atoms with Crippen molar-refractivity contribution < 1.29 is 19.4 Å². The number of carbonyl (C=O) groups is 2. The molecule has 0 atom stereocenters. The Kier molecular flexibility index (Phi) is 4.24. The number of fused-ring (bicyclic) bond motifs is 1. The summed E-state index contributed by atoms with van der Waals surface area (Å²) in [5.74, 6) is -0.779. The van der Waals surface area contributed by atoms with Gasteiger partial charge in [-0.05, 0) is 24.3 Å².